The minimum Gasteiger partial charge on any atom is -0.461 e. The Morgan fingerprint density at radius 1 is 1.36 bits per heavy atom. The number of nitrogens with zero attached hydrogens (tertiary/aromatic N) is 4. The predicted octanol–water partition coefficient (Wildman–Crippen LogP) is 4.31. The van der Waals surface area contributed by atoms with E-state index in [0.717, 1.165) is 0 Å². The summed E-state index contributed by atoms with van der Waals surface area (Å²) in [6, 6.07) is 0.597. The van der Waals surface area contributed by atoms with Gasteiger partial charge < -0.3 is 14.4 Å². The maximum Gasteiger partial charge on any atom is 0.319 e. The van der Waals surface area contributed by atoms with Gasteiger partial charge >= 0.3 is 6.01 Å². The lowest BCUT2D eigenvalue weighted by molar-refractivity contribution is 0.107. The van der Waals surface area contributed by atoms with Gasteiger partial charge in [0, 0.05) is 30.8 Å². The van der Waals surface area contributed by atoms with Crippen molar-refractivity contribution in [3.8, 4) is 6.01 Å². The molecule has 0 N–H and O–H groups in total. The Morgan fingerprint density at radius 3 is 3.06 bits per heavy atom. The van der Waals surface area contributed by atoms with Crippen LogP contribution in [0, 0.1) is 11.7 Å². The van der Waals surface area contributed by atoms with Crippen LogP contribution in [0.25, 0.3) is 10.9 Å². The fraction of sp³-hybridized carbons (Fsp3) is 0.636. The summed E-state index contributed by atoms with van der Waals surface area (Å²) in [4.78, 5) is 12.1. The molecule has 1 saturated carbocycles. The zero-order valence-corrected chi connectivity index (χ0v) is 19.9. The summed E-state index contributed by atoms with van der Waals surface area (Å²) in [5, 5.41) is 0.355. The van der Waals surface area contributed by atoms with E-state index in [1.807, 2.05) is 0 Å². The molecule has 2 aromatic rings. The van der Waals surface area contributed by atoms with Crippen molar-refractivity contribution in [2.45, 2.75) is 43.2 Å². The Kier molecular flexibility index (Phi) is 4.88. The largest absolute Gasteiger partial charge is 0.461 e. The minimum absolute atomic E-state index is 0.00577. The van der Waals surface area contributed by atoms with E-state index in [-0.39, 0.29) is 51.7 Å². The van der Waals surface area contributed by atoms with Crippen molar-refractivity contribution in [2.24, 2.45) is 5.92 Å². The molecule has 0 bridgehead atoms. The Morgan fingerprint density at radius 2 is 2.21 bits per heavy atom. The maximum atomic E-state index is 15.3. The van der Waals surface area contributed by atoms with Gasteiger partial charge in [0.15, 0.2) is 5.82 Å². The molecule has 4 heterocycles. The van der Waals surface area contributed by atoms with Crippen molar-refractivity contribution in [1.82, 2.24) is 14.9 Å². The number of hydrogen-bond donors (Lipinski definition) is 0. The van der Waals surface area contributed by atoms with Crippen molar-refractivity contribution >= 4 is 44.3 Å². The molecule has 0 spiro atoms. The number of benzene rings is 1. The summed E-state index contributed by atoms with van der Waals surface area (Å²) in [5.74, 6) is -0.896. The third-order valence-corrected chi connectivity index (χ3v) is 8.47. The molecule has 5 atom stereocenters. The number of aromatic nitrogens is 2. The molecule has 4 fully saturated rings. The van der Waals surface area contributed by atoms with Crippen LogP contribution >= 0.6 is 27.5 Å². The molecule has 6 nitrogen and oxygen atoms in total. The SMILES string of the molecule is [2H]C([2H])(Oc1nc(N2CCOC[C@H]3C(F)[C@@H]32)c2cc(Cl)c(Br)c(F)c2n1)[C@@]12CCCN1C[C@H](F)C2. The van der Waals surface area contributed by atoms with Gasteiger partial charge in [-0.1, -0.05) is 11.6 Å². The standard InChI is InChI=1S/C22H23BrClF3N4O2/c23-15-14(24)6-12-18(17(15)27)28-21(33-10-22-2-1-3-30(22)8-11(25)7-22)29-20(12)31-4-5-32-9-13-16(26)19(13)31/h6,11,13,16,19H,1-5,7-10H2/t11-,13+,16?,19-,22+/m1/s1/i10D2. The van der Waals surface area contributed by atoms with E-state index in [4.69, 9.17) is 23.8 Å². The smallest absolute Gasteiger partial charge is 0.319 e. The number of ether oxygens (including phenoxy) is 2. The molecular weight excluding hydrogens is 525 g/mol. The van der Waals surface area contributed by atoms with E-state index in [1.54, 1.807) is 9.80 Å². The van der Waals surface area contributed by atoms with E-state index >= 15 is 4.39 Å². The molecule has 1 aromatic heterocycles. The van der Waals surface area contributed by atoms with Crippen molar-refractivity contribution in [1.29, 1.82) is 0 Å². The molecule has 3 saturated heterocycles. The van der Waals surface area contributed by atoms with E-state index < -0.39 is 42.3 Å². The molecule has 0 amide bonds. The first-order valence-electron chi connectivity index (χ1n) is 12.0. The van der Waals surface area contributed by atoms with Crippen LogP contribution in [0.5, 0.6) is 6.01 Å². The fourth-order valence-electron chi connectivity index (χ4n) is 5.49. The Hall–Kier alpha value is -1.36. The Labute approximate surface area is 205 Å². The zero-order chi connectivity index (χ0) is 24.7. The molecule has 0 radical (unpaired) electrons. The maximum absolute atomic E-state index is 15.3. The third-order valence-electron chi connectivity index (χ3n) is 7.17. The second-order valence-corrected chi connectivity index (χ2v) is 10.4. The second kappa shape index (κ2) is 8.10. The first-order chi connectivity index (χ1) is 16.6. The normalized spacial score (nSPS) is 35.1. The lowest BCUT2D eigenvalue weighted by atomic mass is 9.95. The summed E-state index contributed by atoms with van der Waals surface area (Å²) in [6.07, 6.45) is -1.16. The van der Waals surface area contributed by atoms with Gasteiger partial charge in [-0.05, 0) is 41.4 Å². The van der Waals surface area contributed by atoms with Crippen LogP contribution in [0.15, 0.2) is 10.5 Å². The van der Waals surface area contributed by atoms with Gasteiger partial charge in [-0.15, -0.1) is 0 Å². The van der Waals surface area contributed by atoms with Gasteiger partial charge in [-0.3, -0.25) is 4.90 Å². The predicted molar refractivity (Wildman–Crippen MR) is 121 cm³/mol. The van der Waals surface area contributed by atoms with E-state index in [0.29, 0.717) is 32.5 Å². The highest BCUT2D eigenvalue weighted by Gasteiger charge is 2.56. The minimum atomic E-state index is -2.35. The van der Waals surface area contributed by atoms with Crippen molar-refractivity contribution in [2.75, 3.05) is 44.3 Å². The van der Waals surface area contributed by atoms with Gasteiger partial charge in [0.25, 0.3) is 0 Å². The molecule has 33 heavy (non-hydrogen) atoms. The van der Waals surface area contributed by atoms with Crippen molar-refractivity contribution < 1.29 is 25.4 Å². The number of alkyl halides is 2. The molecule has 6 rings (SSSR count). The molecule has 1 unspecified atom stereocenters. The molecule has 1 aromatic carbocycles. The summed E-state index contributed by atoms with van der Waals surface area (Å²) < 4.78 is 73.0. The van der Waals surface area contributed by atoms with Gasteiger partial charge in [0.05, 0.1) is 37.0 Å². The van der Waals surface area contributed by atoms with Crippen LogP contribution in [0.1, 0.15) is 22.0 Å². The van der Waals surface area contributed by atoms with Crippen molar-refractivity contribution in [3.63, 3.8) is 0 Å². The van der Waals surface area contributed by atoms with E-state index in [1.165, 1.54) is 6.07 Å². The summed E-state index contributed by atoms with van der Waals surface area (Å²) >= 11 is 9.35. The van der Waals surface area contributed by atoms with Gasteiger partial charge in [0.2, 0.25) is 0 Å². The first kappa shape index (κ1) is 19.9. The number of halogens is 5. The topological polar surface area (TPSA) is 50.7 Å². The second-order valence-electron chi connectivity index (χ2n) is 9.17. The summed E-state index contributed by atoms with van der Waals surface area (Å²) in [7, 11) is 0. The van der Waals surface area contributed by atoms with Crippen LogP contribution in [0.3, 0.4) is 0 Å². The van der Waals surface area contributed by atoms with Gasteiger partial charge in [-0.2, -0.15) is 9.97 Å². The first-order valence-corrected chi connectivity index (χ1v) is 12.2. The number of rotatable bonds is 4. The highest BCUT2D eigenvalue weighted by molar-refractivity contribution is 9.10. The average molecular weight is 550 g/mol. The van der Waals surface area contributed by atoms with Crippen LogP contribution in [0.2, 0.25) is 5.02 Å². The molecule has 1 aliphatic carbocycles. The molecule has 4 aliphatic rings. The van der Waals surface area contributed by atoms with Crippen LogP contribution in [0.4, 0.5) is 19.0 Å². The molecule has 178 valence electrons. The fourth-order valence-corrected chi connectivity index (χ4v) is 5.98. The quantitative estimate of drug-likeness (QED) is 0.530. The monoisotopic (exact) mass is 548 g/mol. The van der Waals surface area contributed by atoms with Crippen molar-refractivity contribution in [3.05, 3.63) is 21.4 Å². The zero-order valence-electron chi connectivity index (χ0n) is 19.5. The Balaban J connectivity index is 1.46. The number of fused-ring (bicyclic) bond motifs is 3. The number of hydrogen-bond acceptors (Lipinski definition) is 6. The molecule has 3 aliphatic heterocycles. The third kappa shape index (κ3) is 3.59. The summed E-state index contributed by atoms with van der Waals surface area (Å²) in [5.41, 5.74) is -1.29. The lowest BCUT2D eigenvalue weighted by Gasteiger charge is -2.31. The Bertz CT molecular complexity index is 1200. The van der Waals surface area contributed by atoms with E-state index in [9.17, 15) is 8.78 Å². The summed E-state index contributed by atoms with van der Waals surface area (Å²) in [6.45, 7) is -0.728. The van der Waals surface area contributed by atoms with E-state index in [2.05, 4.69) is 25.9 Å². The highest BCUT2D eigenvalue weighted by Crippen LogP contribution is 2.46. The number of anilines is 1. The average Bonchev–Trinajstić information content (AvgIpc) is 3.15. The van der Waals surface area contributed by atoms with Crippen LogP contribution in [-0.4, -0.2) is 78.2 Å². The van der Waals surface area contributed by atoms with Gasteiger partial charge in [-0.25, -0.2) is 13.2 Å². The van der Waals surface area contributed by atoms with Gasteiger partial charge in [0.1, 0.15) is 30.2 Å². The van der Waals surface area contributed by atoms with Crippen LogP contribution < -0.4 is 9.64 Å². The highest BCUT2D eigenvalue weighted by atomic mass is 79.9. The molecule has 11 heteroatoms. The molecular formula is C22H23BrClF3N4O2. The van der Waals surface area contributed by atoms with Crippen LogP contribution in [-0.2, 0) is 4.74 Å². The lowest BCUT2D eigenvalue weighted by Crippen LogP contribution is -2.43.